The Morgan fingerprint density at radius 2 is 1.18 bits per heavy atom. The van der Waals surface area contributed by atoms with Crippen molar-refractivity contribution in [2.75, 3.05) is 27.3 Å². The molecule has 14 nitrogen and oxygen atoms in total. The largest absolute Gasteiger partial charge is 0.453 e. The van der Waals surface area contributed by atoms with E-state index in [2.05, 4.69) is 43.8 Å². The molecular formula is C38H56N8O6S4. The average Bonchev–Trinajstić information content (AvgIpc) is 3.97. The third kappa shape index (κ3) is 10.3. The summed E-state index contributed by atoms with van der Waals surface area (Å²) in [5.41, 5.74) is 5.54. The number of amides is 4. The number of alkyl carbamates (subject to hydrolysis) is 2. The second-order valence-corrected chi connectivity index (χ2v) is 14.2. The predicted molar refractivity (Wildman–Crippen MR) is 236 cm³/mol. The van der Waals surface area contributed by atoms with Gasteiger partial charge in [0.05, 0.1) is 49.2 Å². The van der Waals surface area contributed by atoms with Crippen LogP contribution in [0.15, 0.2) is 48.7 Å². The summed E-state index contributed by atoms with van der Waals surface area (Å²) < 4.78 is 9.51. The molecule has 0 saturated carbocycles. The van der Waals surface area contributed by atoms with Crippen LogP contribution in [-0.4, -0.2) is 93.1 Å². The number of H-pyrrole nitrogens is 2. The van der Waals surface area contributed by atoms with Gasteiger partial charge in [-0.25, -0.2) is 19.6 Å². The molecule has 2 saturated heterocycles. The lowest BCUT2D eigenvalue weighted by Crippen LogP contribution is -2.51. The number of nitrogens with zero attached hydrogens (tertiary/aromatic N) is 4. The molecule has 4 aromatic rings. The van der Waals surface area contributed by atoms with E-state index >= 15 is 0 Å². The van der Waals surface area contributed by atoms with Crippen molar-refractivity contribution in [2.24, 2.45) is 11.8 Å². The lowest BCUT2D eigenvalue weighted by molar-refractivity contribution is -0.136. The number of imidazole rings is 2. The van der Waals surface area contributed by atoms with Crippen LogP contribution in [0, 0.1) is 11.8 Å². The smallest absolute Gasteiger partial charge is 0.407 e. The third-order valence-corrected chi connectivity index (χ3v) is 10.1. The van der Waals surface area contributed by atoms with Gasteiger partial charge in [0.2, 0.25) is 11.8 Å². The maximum atomic E-state index is 13.6. The minimum atomic E-state index is -0.693. The first-order valence-corrected chi connectivity index (χ1v) is 17.9. The first kappa shape index (κ1) is 48.1. The normalized spacial score (nSPS) is 17.2. The van der Waals surface area contributed by atoms with Crippen molar-refractivity contribution < 1.29 is 28.7 Å². The van der Waals surface area contributed by atoms with Crippen molar-refractivity contribution in [1.29, 1.82) is 0 Å². The number of fused-ring (bicyclic) bond motifs is 1. The Bertz CT molecular complexity index is 1940. The molecule has 6 rings (SSSR count). The van der Waals surface area contributed by atoms with E-state index in [0.717, 1.165) is 64.9 Å². The van der Waals surface area contributed by atoms with Crippen LogP contribution in [0.2, 0.25) is 0 Å². The minimum absolute atomic E-state index is 0. The van der Waals surface area contributed by atoms with Crippen molar-refractivity contribution in [3.63, 3.8) is 0 Å². The molecular weight excluding hydrogens is 793 g/mol. The summed E-state index contributed by atoms with van der Waals surface area (Å²) in [6, 6.07) is 12.5. The number of carbonyl (C=O) groups is 4. The van der Waals surface area contributed by atoms with Gasteiger partial charge in [0.1, 0.15) is 23.7 Å². The van der Waals surface area contributed by atoms with E-state index in [1.165, 1.54) is 14.2 Å². The van der Waals surface area contributed by atoms with E-state index in [1.54, 1.807) is 11.1 Å². The number of methoxy groups -OCH3 is 2. The SMILES string of the molecule is COC(=O)NC(C(=O)N1CCC[C@H]1c1ncc(-c2ccc(-c3ccc4nc([C@@H]5CCCN5C(=O)[C@@H](NC(=O)OC)C(C)C)[nH]c4c3)cc2)[nH]1)C(C)C.S.S.S.S. The number of hydrogen-bond acceptors (Lipinski definition) is 8. The fourth-order valence-electron chi connectivity index (χ4n) is 7.25. The highest BCUT2D eigenvalue weighted by atomic mass is 32.1. The molecule has 4 heterocycles. The van der Waals surface area contributed by atoms with Gasteiger partial charge in [-0.15, -0.1) is 0 Å². The summed E-state index contributed by atoms with van der Waals surface area (Å²) in [5.74, 6) is 0.938. The van der Waals surface area contributed by atoms with Gasteiger partial charge in [-0.2, -0.15) is 54.0 Å². The fraction of sp³-hybridized carbons (Fsp3) is 0.474. The van der Waals surface area contributed by atoms with Crippen LogP contribution in [0.1, 0.15) is 77.1 Å². The molecule has 0 bridgehead atoms. The number of likely N-dealkylation sites (tertiary alicyclic amines) is 2. The lowest BCUT2D eigenvalue weighted by atomic mass is 10.0. The zero-order valence-electron chi connectivity index (χ0n) is 32.6. The van der Waals surface area contributed by atoms with Gasteiger partial charge in [0.25, 0.3) is 0 Å². The maximum Gasteiger partial charge on any atom is 0.407 e. The molecule has 2 aromatic carbocycles. The molecule has 2 fully saturated rings. The van der Waals surface area contributed by atoms with Crippen LogP contribution in [0.5, 0.6) is 0 Å². The van der Waals surface area contributed by atoms with Crippen LogP contribution in [-0.2, 0) is 19.1 Å². The number of aromatic amines is 2. The predicted octanol–water partition coefficient (Wildman–Crippen LogP) is 6.16. The summed E-state index contributed by atoms with van der Waals surface area (Å²) in [6.45, 7) is 8.77. The number of nitrogens with one attached hydrogen (secondary N) is 4. The van der Waals surface area contributed by atoms with E-state index in [9.17, 15) is 19.2 Å². The van der Waals surface area contributed by atoms with E-state index in [4.69, 9.17) is 14.5 Å². The van der Waals surface area contributed by atoms with Crippen LogP contribution in [0.25, 0.3) is 33.4 Å². The highest BCUT2D eigenvalue weighted by molar-refractivity contribution is 7.59. The standard InChI is InChI=1S/C38H48N8O6.4H2S/c1-21(2)31(43-37(49)51-5)35(47)45-17-7-9-29(45)33-39-20-28(42-33)24-13-11-23(12-14-24)25-15-16-26-27(19-25)41-34(40-26)30-10-8-18-46(30)36(48)32(22(3)4)44-38(50)52-6;;;;/h11-16,19-22,29-32H,7-10,17-18H2,1-6H3,(H,39,42)(H,40,41)(H,43,49)(H,44,50);4*1H2/t29-,30-,31?,32-;;;;/m0..../s1. The summed E-state index contributed by atoms with van der Waals surface area (Å²) in [6.07, 6.45) is 3.78. The number of hydrogen-bond donors (Lipinski definition) is 4. The molecule has 0 aliphatic carbocycles. The number of rotatable bonds is 10. The lowest BCUT2D eigenvalue weighted by Gasteiger charge is -2.30. The van der Waals surface area contributed by atoms with E-state index in [0.29, 0.717) is 18.9 Å². The Balaban J connectivity index is 0.00000271. The first-order valence-electron chi connectivity index (χ1n) is 17.9. The molecule has 18 heteroatoms. The van der Waals surface area contributed by atoms with Gasteiger partial charge < -0.3 is 39.9 Å². The number of aromatic nitrogens is 4. The summed E-state index contributed by atoms with van der Waals surface area (Å²) >= 11 is 0. The second kappa shape index (κ2) is 21.0. The maximum absolute atomic E-state index is 13.6. The summed E-state index contributed by atoms with van der Waals surface area (Å²) in [7, 11) is 2.57. The molecule has 308 valence electrons. The van der Waals surface area contributed by atoms with Crippen molar-refractivity contribution in [2.45, 2.75) is 77.5 Å². The molecule has 2 aliphatic rings. The van der Waals surface area contributed by atoms with Gasteiger partial charge in [0.15, 0.2) is 0 Å². The quantitative estimate of drug-likeness (QED) is 0.147. The van der Waals surface area contributed by atoms with Gasteiger partial charge in [-0.05, 0) is 66.3 Å². The number of benzene rings is 2. The Labute approximate surface area is 355 Å². The Morgan fingerprint density at radius 3 is 1.68 bits per heavy atom. The summed E-state index contributed by atoms with van der Waals surface area (Å²) in [5, 5.41) is 5.39. The third-order valence-electron chi connectivity index (χ3n) is 10.1. The summed E-state index contributed by atoms with van der Waals surface area (Å²) in [4.78, 5) is 71.0. The fourth-order valence-corrected chi connectivity index (χ4v) is 7.25. The van der Waals surface area contributed by atoms with Gasteiger partial charge in [0, 0.05) is 13.1 Å². The molecule has 0 spiro atoms. The molecule has 4 N–H and O–H groups in total. The Kier molecular flexibility index (Phi) is 18.0. The Morgan fingerprint density at radius 1 is 0.696 bits per heavy atom. The molecule has 2 aromatic heterocycles. The monoisotopic (exact) mass is 848 g/mol. The number of ether oxygens (including phenoxy) is 2. The molecule has 4 atom stereocenters. The topological polar surface area (TPSA) is 175 Å². The number of carbonyl (C=O) groups excluding carboxylic acids is 4. The molecule has 2 aliphatic heterocycles. The first-order chi connectivity index (χ1) is 25.0. The Hall–Kier alpha value is -4.00. The minimum Gasteiger partial charge on any atom is -0.453 e. The van der Waals surface area contributed by atoms with Gasteiger partial charge >= 0.3 is 12.2 Å². The zero-order chi connectivity index (χ0) is 37.1. The van der Waals surface area contributed by atoms with E-state index < -0.39 is 24.3 Å². The van der Waals surface area contributed by atoms with Crippen LogP contribution >= 0.6 is 54.0 Å². The highest BCUT2D eigenvalue weighted by Gasteiger charge is 2.39. The van der Waals surface area contributed by atoms with Crippen molar-refractivity contribution in [1.82, 2.24) is 40.4 Å². The van der Waals surface area contributed by atoms with Crippen LogP contribution in [0.3, 0.4) is 0 Å². The molecule has 0 radical (unpaired) electrons. The average molecular weight is 849 g/mol. The van der Waals surface area contributed by atoms with Crippen molar-refractivity contribution >= 4 is 89.0 Å². The molecule has 56 heavy (non-hydrogen) atoms. The van der Waals surface area contributed by atoms with E-state index in [1.807, 2.05) is 56.9 Å². The highest BCUT2D eigenvalue weighted by Crippen LogP contribution is 2.35. The van der Waals surface area contributed by atoms with Crippen molar-refractivity contribution in [3.05, 3.63) is 60.3 Å². The van der Waals surface area contributed by atoms with Crippen LogP contribution < -0.4 is 10.6 Å². The van der Waals surface area contributed by atoms with Crippen molar-refractivity contribution in [3.8, 4) is 22.4 Å². The van der Waals surface area contributed by atoms with E-state index in [-0.39, 0.29) is 89.7 Å². The van der Waals surface area contributed by atoms with Gasteiger partial charge in [-0.1, -0.05) is 58.0 Å². The molecule has 1 unspecified atom stereocenters. The van der Waals surface area contributed by atoms with Crippen LogP contribution in [0.4, 0.5) is 9.59 Å². The zero-order valence-corrected chi connectivity index (χ0v) is 36.6. The molecule has 4 amide bonds. The van der Waals surface area contributed by atoms with Gasteiger partial charge in [-0.3, -0.25) is 9.59 Å². The second-order valence-electron chi connectivity index (χ2n) is 14.2.